The second-order valence-corrected chi connectivity index (χ2v) is 14.9. The van der Waals surface area contributed by atoms with Gasteiger partial charge in [0.25, 0.3) is 0 Å². The first kappa shape index (κ1) is 26.6. The number of nitriles is 1. The van der Waals surface area contributed by atoms with Crippen molar-refractivity contribution in [1.82, 2.24) is 20.3 Å². The number of carbonyl (C=O) groups excluding carboxylic acids is 3. The highest BCUT2D eigenvalue weighted by Crippen LogP contribution is 2.52. The van der Waals surface area contributed by atoms with Gasteiger partial charge < -0.3 is 15.5 Å². The molecule has 4 rings (SSSR count). The molecule has 3 saturated heterocycles. The molecule has 0 aromatic rings. The van der Waals surface area contributed by atoms with Gasteiger partial charge >= 0.3 is 0 Å². The molecule has 4 atom stereocenters. The second-order valence-electron chi connectivity index (χ2n) is 9.91. The van der Waals surface area contributed by atoms with Gasteiger partial charge in [-0.3, -0.25) is 14.4 Å². The normalized spacial score (nSPS) is 28.1. The highest BCUT2D eigenvalue weighted by Gasteiger charge is 2.53. The first-order valence-corrected chi connectivity index (χ1v) is 16.0. The van der Waals surface area contributed by atoms with Crippen molar-refractivity contribution < 1.29 is 22.8 Å². The molecule has 3 heterocycles. The number of rotatable bonds is 8. The molecule has 0 radical (unpaired) electrons. The van der Waals surface area contributed by atoms with Crippen LogP contribution in [0.3, 0.4) is 0 Å². The average Bonchev–Trinajstić information content (AvgIpc) is 3.60. The monoisotopic (exact) mass is 543 g/mol. The highest BCUT2D eigenvalue weighted by molar-refractivity contribution is 8.21. The van der Waals surface area contributed by atoms with Crippen molar-refractivity contribution in [1.29, 1.82) is 5.26 Å². The molecular weight excluding hydrogens is 510 g/mol. The van der Waals surface area contributed by atoms with Crippen LogP contribution in [-0.2, 0) is 24.4 Å². The Morgan fingerprint density at radius 2 is 1.94 bits per heavy atom. The maximum absolute atomic E-state index is 13.8. The molecule has 1 aliphatic carbocycles. The van der Waals surface area contributed by atoms with E-state index in [4.69, 9.17) is 0 Å². The van der Waals surface area contributed by atoms with Gasteiger partial charge in [-0.25, -0.2) is 13.1 Å². The summed E-state index contributed by atoms with van der Waals surface area (Å²) in [6.45, 7) is 0.920. The van der Waals surface area contributed by atoms with Crippen molar-refractivity contribution in [2.45, 2.75) is 67.2 Å². The third-order valence-corrected chi connectivity index (χ3v) is 11.4. The number of hydrogen-bond donors (Lipinski definition) is 3. The van der Waals surface area contributed by atoms with E-state index >= 15 is 0 Å². The lowest BCUT2D eigenvalue weighted by Gasteiger charge is -2.31. The predicted octanol–water partition coefficient (Wildman–Crippen LogP) is 0.406. The lowest BCUT2D eigenvalue weighted by atomic mass is 9.97. The van der Waals surface area contributed by atoms with Gasteiger partial charge in [-0.1, -0.05) is 12.8 Å². The average molecular weight is 544 g/mol. The molecule has 194 valence electrons. The Morgan fingerprint density at radius 3 is 2.51 bits per heavy atom. The SMILES string of the molecule is CS(=O)(=O)N[C@H](C(=O)N1CC2(C[C@H]1C(=O)N[C@H](C#N)C[C@@H]1CCNC1=O)SCCS2)C1CCCC1. The summed E-state index contributed by atoms with van der Waals surface area (Å²) in [7, 11) is -3.63. The van der Waals surface area contributed by atoms with Crippen molar-refractivity contribution >= 4 is 51.3 Å². The lowest BCUT2D eigenvalue weighted by molar-refractivity contribution is -0.140. The van der Waals surface area contributed by atoms with Crippen LogP contribution in [0.1, 0.15) is 44.9 Å². The molecule has 0 unspecified atom stereocenters. The summed E-state index contributed by atoms with van der Waals surface area (Å²) in [5, 5.41) is 15.2. The molecule has 35 heavy (non-hydrogen) atoms. The lowest BCUT2D eigenvalue weighted by Crippen LogP contribution is -2.56. The van der Waals surface area contributed by atoms with Crippen molar-refractivity contribution in [2.24, 2.45) is 11.8 Å². The van der Waals surface area contributed by atoms with Crippen molar-refractivity contribution in [3.05, 3.63) is 0 Å². The summed E-state index contributed by atoms with van der Waals surface area (Å²) in [6.07, 6.45) is 5.75. The minimum absolute atomic E-state index is 0.103. The molecule has 13 heteroatoms. The number of hydrogen-bond acceptors (Lipinski definition) is 8. The van der Waals surface area contributed by atoms with E-state index < -0.39 is 34.1 Å². The van der Waals surface area contributed by atoms with Crippen LogP contribution < -0.4 is 15.4 Å². The van der Waals surface area contributed by atoms with E-state index in [1.54, 1.807) is 28.4 Å². The Hall–Kier alpha value is -1.49. The smallest absolute Gasteiger partial charge is 0.243 e. The van der Waals surface area contributed by atoms with Crippen molar-refractivity contribution in [3.63, 3.8) is 0 Å². The van der Waals surface area contributed by atoms with Crippen molar-refractivity contribution in [3.8, 4) is 6.07 Å². The van der Waals surface area contributed by atoms with E-state index in [0.717, 1.165) is 43.4 Å². The fourth-order valence-corrected chi connectivity index (χ4v) is 9.64. The van der Waals surface area contributed by atoms with Crippen LogP contribution in [0.4, 0.5) is 0 Å². The Balaban J connectivity index is 1.53. The number of nitrogens with zero attached hydrogens (tertiary/aromatic N) is 2. The number of sulfonamides is 1. The molecular formula is C22H33N5O5S3. The van der Waals surface area contributed by atoms with Crippen LogP contribution in [0.25, 0.3) is 0 Å². The van der Waals surface area contributed by atoms with Crippen LogP contribution in [-0.4, -0.2) is 84.1 Å². The van der Waals surface area contributed by atoms with Gasteiger partial charge in [-0.05, 0) is 31.6 Å². The second kappa shape index (κ2) is 10.9. The summed E-state index contributed by atoms with van der Waals surface area (Å²) in [6, 6.07) is -0.441. The first-order valence-electron chi connectivity index (χ1n) is 12.1. The summed E-state index contributed by atoms with van der Waals surface area (Å²) in [5.74, 6) is 0.530. The molecule has 3 amide bonds. The number of thioether (sulfide) groups is 2. The summed E-state index contributed by atoms with van der Waals surface area (Å²) >= 11 is 3.47. The van der Waals surface area contributed by atoms with E-state index in [1.165, 1.54) is 0 Å². The zero-order valence-corrected chi connectivity index (χ0v) is 22.3. The minimum atomic E-state index is -3.63. The number of amides is 3. The molecule has 4 fully saturated rings. The third-order valence-electron chi connectivity index (χ3n) is 7.32. The molecule has 3 N–H and O–H groups in total. The minimum Gasteiger partial charge on any atom is -0.356 e. The molecule has 4 aliphatic rings. The van der Waals surface area contributed by atoms with E-state index in [-0.39, 0.29) is 34.2 Å². The third kappa shape index (κ3) is 6.26. The Kier molecular flexibility index (Phi) is 8.25. The van der Waals surface area contributed by atoms with E-state index in [2.05, 4.69) is 21.4 Å². The van der Waals surface area contributed by atoms with E-state index in [1.807, 2.05) is 0 Å². The maximum Gasteiger partial charge on any atom is 0.243 e. The Bertz CT molecular complexity index is 988. The van der Waals surface area contributed by atoms with Gasteiger partial charge in [0.2, 0.25) is 27.7 Å². The summed E-state index contributed by atoms with van der Waals surface area (Å²) < 4.78 is 26.5. The van der Waals surface area contributed by atoms with E-state index in [0.29, 0.717) is 25.9 Å². The zero-order chi connectivity index (χ0) is 25.2. The fourth-order valence-electron chi connectivity index (χ4n) is 5.63. The van der Waals surface area contributed by atoms with Crippen LogP contribution in [0.2, 0.25) is 0 Å². The van der Waals surface area contributed by atoms with Gasteiger partial charge in [0, 0.05) is 36.9 Å². The molecule has 3 aliphatic heterocycles. The van der Waals surface area contributed by atoms with Gasteiger partial charge in [-0.15, -0.1) is 23.5 Å². The number of likely N-dealkylation sites (tertiary alicyclic amines) is 1. The maximum atomic E-state index is 13.8. The Morgan fingerprint density at radius 1 is 1.26 bits per heavy atom. The van der Waals surface area contributed by atoms with Gasteiger partial charge in [-0.2, -0.15) is 5.26 Å². The zero-order valence-electron chi connectivity index (χ0n) is 19.8. The Labute approximate surface area is 215 Å². The summed E-state index contributed by atoms with van der Waals surface area (Å²) in [5.41, 5.74) is 0. The molecule has 0 aromatic carbocycles. The molecule has 0 aromatic heterocycles. The quantitative estimate of drug-likeness (QED) is 0.399. The first-order chi connectivity index (χ1) is 16.6. The van der Waals surface area contributed by atoms with Gasteiger partial charge in [0.15, 0.2) is 0 Å². The molecule has 1 saturated carbocycles. The summed E-state index contributed by atoms with van der Waals surface area (Å²) in [4.78, 5) is 40.8. The fraction of sp³-hybridized carbons (Fsp3) is 0.818. The van der Waals surface area contributed by atoms with Crippen LogP contribution in [0.5, 0.6) is 0 Å². The standard InChI is InChI=1S/C22H33N5O5S3/c1-35(31,32)26-18(14-4-2-3-5-14)21(30)27-13-22(33-8-9-34-22)11-17(27)20(29)25-16(12-23)10-15-6-7-24-19(15)28/h14-18,26H,2-11,13H2,1H3,(H,24,28)(H,25,29)/t15-,16-,17-,18-/m0/s1. The molecule has 1 spiro atoms. The van der Waals surface area contributed by atoms with Crippen molar-refractivity contribution in [2.75, 3.05) is 30.9 Å². The van der Waals surface area contributed by atoms with Crippen LogP contribution in [0.15, 0.2) is 0 Å². The van der Waals surface area contributed by atoms with Gasteiger partial charge in [0.1, 0.15) is 18.1 Å². The molecule has 10 nitrogen and oxygen atoms in total. The van der Waals surface area contributed by atoms with E-state index in [9.17, 15) is 28.1 Å². The highest BCUT2D eigenvalue weighted by atomic mass is 32.2. The number of nitrogens with one attached hydrogen (secondary N) is 3. The predicted molar refractivity (Wildman–Crippen MR) is 135 cm³/mol. The molecule has 0 bridgehead atoms. The van der Waals surface area contributed by atoms with Gasteiger partial charge in [0.05, 0.1) is 16.4 Å². The number of carbonyl (C=O) groups is 3. The topological polar surface area (TPSA) is 148 Å². The van der Waals surface area contributed by atoms with Crippen LogP contribution >= 0.6 is 23.5 Å². The largest absolute Gasteiger partial charge is 0.356 e. The van der Waals surface area contributed by atoms with Crippen LogP contribution in [0, 0.1) is 23.2 Å².